The van der Waals surface area contributed by atoms with E-state index in [0.29, 0.717) is 16.7 Å². The average Bonchev–Trinajstić information content (AvgIpc) is 3.09. The van der Waals surface area contributed by atoms with E-state index in [9.17, 15) is 14.7 Å². The van der Waals surface area contributed by atoms with Gasteiger partial charge in [0.25, 0.3) is 0 Å². The summed E-state index contributed by atoms with van der Waals surface area (Å²) in [5.74, 6) is 5.03. The van der Waals surface area contributed by atoms with Crippen LogP contribution < -0.4 is 0 Å². The van der Waals surface area contributed by atoms with Crippen LogP contribution in [0.5, 0.6) is 0 Å². The van der Waals surface area contributed by atoms with Gasteiger partial charge in [-0.1, -0.05) is 181 Å². The van der Waals surface area contributed by atoms with Crippen LogP contribution in [0.4, 0.5) is 0 Å². The normalized spacial score (nSPS) is 14.3. The Hall–Kier alpha value is -0.0800. The zero-order chi connectivity index (χ0) is 40.2. The lowest BCUT2D eigenvalue weighted by atomic mass is 9.98. The third-order valence-electron chi connectivity index (χ3n) is 10.9. The van der Waals surface area contributed by atoms with Gasteiger partial charge in [0, 0.05) is 24.3 Å². The Balaban J connectivity index is 4.05. The maximum atomic E-state index is 12.3. The number of hydrogen-bond acceptors (Lipinski definition) is 7. The molecule has 0 amide bonds. The van der Waals surface area contributed by atoms with E-state index in [1.165, 1.54) is 103 Å². The number of aliphatic hydroxyl groups is 1. The Morgan fingerprint density at radius 1 is 0.481 bits per heavy atom. The molecule has 0 aliphatic carbocycles. The molecule has 0 heterocycles. The fourth-order valence-electron chi connectivity index (χ4n) is 7.13. The van der Waals surface area contributed by atoms with Crippen molar-refractivity contribution in [1.29, 1.82) is 0 Å². The zero-order valence-electron chi connectivity index (χ0n) is 37.3. The van der Waals surface area contributed by atoms with Crippen LogP contribution in [-0.4, -0.2) is 64.8 Å². The molecule has 54 heavy (non-hydrogen) atoms. The first-order chi connectivity index (χ1) is 25.9. The highest BCUT2D eigenvalue weighted by molar-refractivity contribution is 8.13. The van der Waals surface area contributed by atoms with Crippen molar-refractivity contribution in [3.63, 3.8) is 0 Å². The number of aliphatic hydroxyl groups excluding tert-OH is 1. The van der Waals surface area contributed by atoms with Crippen molar-refractivity contribution in [1.82, 2.24) is 4.90 Å². The van der Waals surface area contributed by atoms with Crippen LogP contribution in [-0.2, 0) is 14.3 Å². The molecule has 1 N–H and O–H groups in total. The number of nitrogens with zero attached hydrogens (tertiary/aromatic N) is 1. The molecule has 3 atom stereocenters. The number of carbonyl (C=O) groups excluding carboxylic acids is 2. The van der Waals surface area contributed by atoms with Crippen molar-refractivity contribution in [2.45, 2.75) is 234 Å². The Bertz CT molecular complexity index is 783. The molecule has 0 fully saturated rings. The quantitative estimate of drug-likeness (QED) is 0.0489. The van der Waals surface area contributed by atoms with E-state index in [4.69, 9.17) is 4.74 Å². The first-order valence-corrected chi connectivity index (χ1v) is 25.2. The van der Waals surface area contributed by atoms with Crippen molar-refractivity contribution in [3.8, 4) is 0 Å². The topological polar surface area (TPSA) is 66.8 Å². The van der Waals surface area contributed by atoms with Crippen molar-refractivity contribution in [2.75, 3.05) is 32.1 Å². The van der Waals surface area contributed by atoms with Gasteiger partial charge in [0.1, 0.15) is 0 Å². The van der Waals surface area contributed by atoms with Gasteiger partial charge in [0.15, 0.2) is 16.5 Å². The molecule has 0 radical (unpaired) electrons. The molecule has 3 unspecified atom stereocenters. The molecule has 7 heteroatoms. The lowest BCUT2D eigenvalue weighted by Gasteiger charge is -2.22. The minimum absolute atomic E-state index is 0.150. The molecule has 0 aliphatic heterocycles. The van der Waals surface area contributed by atoms with Crippen molar-refractivity contribution in [3.05, 3.63) is 0 Å². The van der Waals surface area contributed by atoms with Crippen molar-refractivity contribution < 1.29 is 19.4 Å². The zero-order valence-corrected chi connectivity index (χ0v) is 39.0. The fourth-order valence-corrected chi connectivity index (χ4v) is 9.21. The molecule has 0 aromatic carbocycles. The lowest BCUT2D eigenvalue weighted by molar-refractivity contribution is -0.144. The second-order valence-corrected chi connectivity index (χ2v) is 20.4. The molecule has 0 bridgehead atoms. The van der Waals surface area contributed by atoms with Crippen LogP contribution >= 0.6 is 23.5 Å². The Labute approximate surface area is 346 Å². The smallest absolute Gasteiger partial charge is 0.188 e. The van der Waals surface area contributed by atoms with Gasteiger partial charge in [-0.3, -0.25) is 9.59 Å². The maximum absolute atomic E-state index is 12.3. The summed E-state index contributed by atoms with van der Waals surface area (Å²) in [5.41, 5.74) is 0. The molecule has 0 rings (SSSR count). The van der Waals surface area contributed by atoms with Crippen LogP contribution in [0.3, 0.4) is 0 Å². The van der Waals surface area contributed by atoms with E-state index in [1.54, 1.807) is 23.5 Å². The Morgan fingerprint density at radius 2 is 0.870 bits per heavy atom. The number of carbonyl (C=O) groups is 2. The van der Waals surface area contributed by atoms with Crippen LogP contribution in [0.25, 0.3) is 0 Å². The van der Waals surface area contributed by atoms with Crippen LogP contribution in [0.15, 0.2) is 0 Å². The third kappa shape index (κ3) is 40.1. The van der Waals surface area contributed by atoms with Gasteiger partial charge in [0.2, 0.25) is 0 Å². The standard InChI is InChI=1S/C47H93NO4S2/c1-40(2)26-23-28-42(5)35-38-53-46(50)33-21-17-13-9-11-15-19-30-44(52-45(49)32-25-37-48(7)8)31-20-16-12-10-14-18-22-34-47(51)54-39-36-43(6)29-24-27-41(3)4/h40-45,49H,9-39H2,1-8H3. The molecule has 0 aromatic rings. The monoisotopic (exact) mass is 800 g/mol. The molecule has 0 aliphatic rings. The van der Waals surface area contributed by atoms with E-state index in [1.807, 2.05) is 0 Å². The van der Waals surface area contributed by atoms with Gasteiger partial charge < -0.3 is 14.7 Å². The molecule has 0 saturated heterocycles. The summed E-state index contributed by atoms with van der Waals surface area (Å²) in [4.78, 5) is 26.8. The lowest BCUT2D eigenvalue weighted by Crippen LogP contribution is -2.23. The van der Waals surface area contributed by atoms with Gasteiger partial charge in [-0.15, -0.1) is 0 Å². The third-order valence-corrected chi connectivity index (χ3v) is 12.9. The van der Waals surface area contributed by atoms with E-state index >= 15 is 0 Å². The summed E-state index contributed by atoms with van der Waals surface area (Å²) < 4.78 is 6.20. The van der Waals surface area contributed by atoms with Crippen LogP contribution in [0.2, 0.25) is 0 Å². The first-order valence-electron chi connectivity index (χ1n) is 23.2. The highest BCUT2D eigenvalue weighted by atomic mass is 32.2. The van der Waals surface area contributed by atoms with Gasteiger partial charge in [-0.2, -0.15) is 0 Å². The summed E-state index contributed by atoms with van der Waals surface area (Å²) in [7, 11) is 4.15. The summed E-state index contributed by atoms with van der Waals surface area (Å²) in [5, 5.41) is 11.4. The van der Waals surface area contributed by atoms with Crippen LogP contribution in [0, 0.1) is 23.7 Å². The predicted molar refractivity (Wildman–Crippen MR) is 242 cm³/mol. The average molecular weight is 800 g/mol. The molecule has 0 saturated carbocycles. The van der Waals surface area contributed by atoms with Gasteiger partial charge >= 0.3 is 0 Å². The second-order valence-electron chi connectivity index (χ2n) is 18.1. The van der Waals surface area contributed by atoms with Gasteiger partial charge in [-0.25, -0.2) is 0 Å². The highest BCUT2D eigenvalue weighted by Gasteiger charge is 2.15. The van der Waals surface area contributed by atoms with E-state index in [0.717, 1.165) is 112 Å². The Kier molecular flexibility index (Phi) is 38.4. The predicted octanol–water partition coefficient (Wildman–Crippen LogP) is 14.3. The first kappa shape index (κ1) is 53.9. The largest absolute Gasteiger partial charge is 0.368 e. The highest BCUT2D eigenvalue weighted by Crippen LogP contribution is 2.23. The molecule has 0 spiro atoms. The number of thioether (sulfide) groups is 2. The second kappa shape index (κ2) is 38.4. The van der Waals surface area contributed by atoms with Crippen molar-refractivity contribution in [2.24, 2.45) is 23.7 Å². The summed E-state index contributed by atoms with van der Waals surface area (Å²) in [6.07, 6.45) is 31.5. The van der Waals surface area contributed by atoms with Crippen LogP contribution in [0.1, 0.15) is 221 Å². The molecule has 0 aromatic heterocycles. The van der Waals surface area contributed by atoms with E-state index < -0.39 is 6.29 Å². The number of unbranched alkanes of at least 4 members (excludes halogenated alkanes) is 12. The Morgan fingerprint density at radius 3 is 1.26 bits per heavy atom. The minimum Gasteiger partial charge on any atom is -0.368 e. The number of hydrogen-bond donors (Lipinski definition) is 1. The molecular formula is C47H93NO4S2. The summed E-state index contributed by atoms with van der Waals surface area (Å²) >= 11 is 3.13. The van der Waals surface area contributed by atoms with Gasteiger partial charge in [0.05, 0.1) is 6.10 Å². The van der Waals surface area contributed by atoms with Gasteiger partial charge in [-0.05, 0) is 95.7 Å². The molecule has 5 nitrogen and oxygen atoms in total. The summed E-state index contributed by atoms with van der Waals surface area (Å²) in [6.45, 7) is 14.8. The van der Waals surface area contributed by atoms with E-state index in [-0.39, 0.29) is 6.10 Å². The maximum Gasteiger partial charge on any atom is 0.188 e. The number of rotatable bonds is 40. The molecular weight excluding hydrogens is 707 g/mol. The number of ether oxygens (including phenoxy) is 1. The van der Waals surface area contributed by atoms with E-state index in [2.05, 4.69) is 60.5 Å². The van der Waals surface area contributed by atoms with Crippen molar-refractivity contribution >= 4 is 33.8 Å². The molecule has 322 valence electrons. The SMILES string of the molecule is CC(C)CCCC(C)CCSC(=O)CCCCCCCCCC(CCCCCCCCCC(=O)SCCC(C)CCCC(C)C)OC(O)CCCN(C)C. The summed E-state index contributed by atoms with van der Waals surface area (Å²) in [6, 6.07) is 0. The fraction of sp³-hybridized carbons (Fsp3) is 0.957. The minimum atomic E-state index is -0.659.